The molecule has 0 N–H and O–H groups in total. The molecule has 126 valence electrons. The maximum atomic E-state index is 14.4. The number of rotatable bonds is 2. The van der Waals surface area contributed by atoms with Gasteiger partial charge in [0, 0.05) is 13.1 Å². The zero-order chi connectivity index (χ0) is 17.7. The second-order valence-electron chi connectivity index (χ2n) is 7.36. The van der Waals surface area contributed by atoms with Crippen LogP contribution in [-0.4, -0.2) is 42.2 Å². The number of nitriles is 1. The first-order valence-electron chi connectivity index (χ1n) is 7.98. The predicted octanol–water partition coefficient (Wildman–Crippen LogP) is 1.72. The van der Waals surface area contributed by atoms with E-state index in [0.717, 1.165) is 0 Å². The minimum atomic E-state index is -0.666. The molecule has 2 aliphatic heterocycles. The summed E-state index contributed by atoms with van der Waals surface area (Å²) in [5.41, 5.74) is -0.466. The molecule has 0 bridgehead atoms. The smallest absolute Gasteiger partial charge is 0.399 e. The second-order valence-corrected chi connectivity index (χ2v) is 7.36. The van der Waals surface area contributed by atoms with E-state index in [1.54, 1.807) is 6.07 Å². The molecule has 1 aromatic carbocycles. The van der Waals surface area contributed by atoms with Gasteiger partial charge < -0.3 is 14.2 Å². The number of carbonyl (C=O) groups is 1. The summed E-state index contributed by atoms with van der Waals surface area (Å²) in [5, 5.41) is 8.76. The molecule has 0 radical (unpaired) electrons. The molecule has 24 heavy (non-hydrogen) atoms. The van der Waals surface area contributed by atoms with Crippen molar-refractivity contribution in [2.24, 2.45) is 5.92 Å². The lowest BCUT2D eigenvalue weighted by Crippen LogP contribution is -2.49. The summed E-state index contributed by atoms with van der Waals surface area (Å²) < 4.78 is 26.2. The predicted molar refractivity (Wildman–Crippen MR) is 87.1 cm³/mol. The van der Waals surface area contributed by atoms with E-state index in [9.17, 15) is 9.18 Å². The van der Waals surface area contributed by atoms with Crippen LogP contribution in [0.3, 0.4) is 0 Å². The molecule has 2 heterocycles. The van der Waals surface area contributed by atoms with Gasteiger partial charge in [-0.1, -0.05) is 6.07 Å². The van der Waals surface area contributed by atoms with E-state index >= 15 is 0 Å². The number of benzene rings is 1. The normalized spacial score (nSPS) is 22.2. The minimum Gasteiger partial charge on any atom is -0.399 e. The Hall–Kier alpha value is -1.91. The fourth-order valence-corrected chi connectivity index (χ4v) is 2.73. The standard InChI is InChI=1S/C17H20BFN2O3/c1-16(2)17(3,4)24-18(23-16)12-5-6-13(14(19)7-12)15(22)21-9-11(8-20)10-21/h5-7,11H,9-10H2,1-4H3. The molecule has 2 saturated heterocycles. The summed E-state index contributed by atoms with van der Waals surface area (Å²) in [4.78, 5) is 13.7. The van der Waals surface area contributed by atoms with E-state index in [-0.39, 0.29) is 17.4 Å². The zero-order valence-corrected chi connectivity index (χ0v) is 14.3. The van der Waals surface area contributed by atoms with Crippen molar-refractivity contribution in [2.45, 2.75) is 38.9 Å². The van der Waals surface area contributed by atoms with Crippen molar-refractivity contribution in [3.8, 4) is 6.07 Å². The number of amides is 1. The van der Waals surface area contributed by atoms with Crippen LogP contribution in [0.4, 0.5) is 4.39 Å². The van der Waals surface area contributed by atoms with Gasteiger partial charge in [0.1, 0.15) is 5.82 Å². The first-order chi connectivity index (χ1) is 11.1. The molecule has 0 saturated carbocycles. The Labute approximate surface area is 141 Å². The largest absolute Gasteiger partial charge is 0.494 e. The van der Waals surface area contributed by atoms with Gasteiger partial charge in [-0.15, -0.1) is 0 Å². The number of hydrogen-bond donors (Lipinski definition) is 0. The number of likely N-dealkylation sites (tertiary alicyclic amines) is 1. The molecular formula is C17H20BFN2O3. The van der Waals surface area contributed by atoms with Crippen LogP contribution in [-0.2, 0) is 9.31 Å². The lowest BCUT2D eigenvalue weighted by atomic mass is 9.78. The van der Waals surface area contributed by atoms with Crippen LogP contribution in [0, 0.1) is 23.1 Å². The summed E-state index contributed by atoms with van der Waals surface area (Å²) >= 11 is 0. The van der Waals surface area contributed by atoms with E-state index in [0.29, 0.717) is 18.6 Å². The van der Waals surface area contributed by atoms with Crippen molar-refractivity contribution < 1.29 is 18.5 Å². The summed E-state index contributed by atoms with van der Waals surface area (Å²) in [5.74, 6) is -1.15. The third kappa shape index (κ3) is 2.70. The van der Waals surface area contributed by atoms with Gasteiger partial charge in [0.05, 0.1) is 28.8 Å². The fourth-order valence-electron chi connectivity index (χ4n) is 2.73. The average Bonchev–Trinajstić information content (AvgIpc) is 2.66. The first-order valence-corrected chi connectivity index (χ1v) is 7.98. The molecule has 1 aromatic rings. The molecule has 0 aromatic heterocycles. The average molecular weight is 330 g/mol. The molecule has 0 unspecified atom stereocenters. The van der Waals surface area contributed by atoms with Crippen LogP contribution in [0.5, 0.6) is 0 Å². The molecule has 5 nitrogen and oxygen atoms in total. The summed E-state index contributed by atoms with van der Waals surface area (Å²) in [7, 11) is -0.666. The first kappa shape index (κ1) is 16.9. The number of carbonyl (C=O) groups excluding carboxylic acids is 1. The summed E-state index contributed by atoms with van der Waals surface area (Å²) in [6, 6.07) is 6.49. The maximum absolute atomic E-state index is 14.4. The zero-order valence-electron chi connectivity index (χ0n) is 14.3. The lowest BCUT2D eigenvalue weighted by Gasteiger charge is -2.35. The molecular weight excluding hydrogens is 310 g/mol. The third-order valence-corrected chi connectivity index (χ3v) is 5.10. The Morgan fingerprint density at radius 1 is 1.29 bits per heavy atom. The lowest BCUT2D eigenvalue weighted by molar-refractivity contribution is 0.00578. The van der Waals surface area contributed by atoms with E-state index in [1.807, 2.05) is 27.7 Å². The van der Waals surface area contributed by atoms with Crippen LogP contribution < -0.4 is 5.46 Å². The van der Waals surface area contributed by atoms with E-state index in [1.165, 1.54) is 17.0 Å². The summed E-state index contributed by atoms with van der Waals surface area (Å²) in [6.07, 6.45) is 0. The third-order valence-electron chi connectivity index (χ3n) is 5.10. The monoisotopic (exact) mass is 330 g/mol. The second kappa shape index (κ2) is 5.57. The van der Waals surface area contributed by atoms with Crippen LogP contribution >= 0.6 is 0 Å². The van der Waals surface area contributed by atoms with Gasteiger partial charge in [-0.3, -0.25) is 4.79 Å². The SMILES string of the molecule is CC1(C)OB(c2ccc(C(=O)N3CC(C#N)C3)c(F)c2)OC1(C)C. The van der Waals surface area contributed by atoms with E-state index in [2.05, 4.69) is 6.07 Å². The van der Waals surface area contributed by atoms with Crippen molar-refractivity contribution in [3.63, 3.8) is 0 Å². The number of halogens is 1. The Bertz CT molecular complexity index is 707. The molecule has 3 rings (SSSR count). The highest BCUT2D eigenvalue weighted by atomic mass is 19.1. The van der Waals surface area contributed by atoms with Gasteiger partial charge in [0.25, 0.3) is 5.91 Å². The van der Waals surface area contributed by atoms with Crippen LogP contribution in [0.2, 0.25) is 0 Å². The Balaban J connectivity index is 1.77. The Morgan fingerprint density at radius 3 is 2.38 bits per heavy atom. The van der Waals surface area contributed by atoms with Gasteiger partial charge in [-0.2, -0.15) is 5.26 Å². The van der Waals surface area contributed by atoms with Crippen molar-refractivity contribution in [3.05, 3.63) is 29.6 Å². The van der Waals surface area contributed by atoms with Crippen molar-refractivity contribution in [2.75, 3.05) is 13.1 Å². The highest BCUT2D eigenvalue weighted by Gasteiger charge is 2.51. The topological polar surface area (TPSA) is 62.6 Å². The van der Waals surface area contributed by atoms with Crippen LogP contribution in [0.25, 0.3) is 0 Å². The van der Waals surface area contributed by atoms with Gasteiger partial charge >= 0.3 is 7.12 Å². The van der Waals surface area contributed by atoms with Gasteiger partial charge in [0.15, 0.2) is 0 Å². The number of hydrogen-bond acceptors (Lipinski definition) is 4. The van der Waals surface area contributed by atoms with Crippen molar-refractivity contribution >= 4 is 18.5 Å². The Kier molecular flexibility index (Phi) is 3.93. The van der Waals surface area contributed by atoms with Crippen molar-refractivity contribution in [1.82, 2.24) is 4.90 Å². The van der Waals surface area contributed by atoms with Crippen LogP contribution in [0.15, 0.2) is 18.2 Å². The quantitative estimate of drug-likeness (QED) is 0.775. The fraction of sp³-hybridized carbons (Fsp3) is 0.529. The molecule has 7 heteroatoms. The Morgan fingerprint density at radius 2 is 1.88 bits per heavy atom. The summed E-state index contributed by atoms with van der Waals surface area (Å²) in [6.45, 7) is 8.42. The molecule has 0 aliphatic carbocycles. The number of nitrogens with zero attached hydrogens (tertiary/aromatic N) is 2. The highest BCUT2D eigenvalue weighted by molar-refractivity contribution is 6.62. The molecule has 2 fully saturated rings. The van der Waals surface area contributed by atoms with Crippen LogP contribution in [0.1, 0.15) is 38.1 Å². The molecule has 0 spiro atoms. The van der Waals surface area contributed by atoms with E-state index in [4.69, 9.17) is 14.6 Å². The van der Waals surface area contributed by atoms with Crippen molar-refractivity contribution in [1.29, 1.82) is 5.26 Å². The van der Waals surface area contributed by atoms with Gasteiger partial charge in [-0.25, -0.2) is 4.39 Å². The molecule has 1 amide bonds. The highest BCUT2D eigenvalue weighted by Crippen LogP contribution is 2.36. The molecule has 2 aliphatic rings. The van der Waals surface area contributed by atoms with E-state index < -0.39 is 24.1 Å². The van der Waals surface area contributed by atoms with Gasteiger partial charge in [-0.05, 0) is 45.3 Å². The van der Waals surface area contributed by atoms with Gasteiger partial charge in [0.2, 0.25) is 0 Å². The minimum absolute atomic E-state index is 0.00616. The maximum Gasteiger partial charge on any atom is 0.494 e. The molecule has 0 atom stereocenters.